The summed E-state index contributed by atoms with van der Waals surface area (Å²) in [6.07, 6.45) is 1.69. The van der Waals surface area contributed by atoms with Crippen molar-refractivity contribution < 1.29 is 18.8 Å². The van der Waals surface area contributed by atoms with E-state index in [2.05, 4.69) is 5.32 Å². The van der Waals surface area contributed by atoms with Crippen LogP contribution in [-0.4, -0.2) is 17.9 Å². The summed E-state index contributed by atoms with van der Waals surface area (Å²) in [5.74, 6) is -0.538. The summed E-state index contributed by atoms with van der Waals surface area (Å²) in [6.45, 7) is 0. The summed E-state index contributed by atoms with van der Waals surface area (Å²) >= 11 is 0. The molecule has 0 bridgehead atoms. The number of ether oxygens (including phenoxy) is 1. The number of halogens is 1. The average molecular weight is 431 g/mol. The molecule has 3 aromatic rings. The summed E-state index contributed by atoms with van der Waals surface area (Å²) in [5.41, 5.74) is 1.62. The minimum Gasteiger partial charge on any atom is -0.496 e. The molecule has 0 radical (unpaired) electrons. The molecule has 0 saturated heterocycles. The second-order valence-electron chi connectivity index (χ2n) is 6.77. The van der Waals surface area contributed by atoms with E-state index in [1.165, 1.54) is 43.5 Å². The molecule has 0 aliphatic rings. The topological polar surface area (TPSA) is 105 Å². The molecule has 7 nitrogen and oxygen atoms in total. The Hall–Kier alpha value is -4.51. The molecular weight excluding hydrogens is 413 g/mol. The van der Waals surface area contributed by atoms with E-state index in [1.54, 1.807) is 36.4 Å². The molecule has 0 saturated carbocycles. The maximum atomic E-state index is 14.0. The number of carbonyl (C=O) groups is 1. The van der Waals surface area contributed by atoms with Crippen LogP contribution in [0.1, 0.15) is 16.7 Å². The lowest BCUT2D eigenvalue weighted by Gasteiger charge is -2.11. The van der Waals surface area contributed by atoms with Crippen molar-refractivity contribution in [2.45, 2.75) is 6.42 Å². The van der Waals surface area contributed by atoms with Crippen LogP contribution >= 0.6 is 0 Å². The van der Waals surface area contributed by atoms with E-state index >= 15 is 0 Å². The molecule has 3 rings (SSSR count). The Kier molecular flexibility index (Phi) is 6.93. The van der Waals surface area contributed by atoms with E-state index in [-0.39, 0.29) is 22.8 Å². The van der Waals surface area contributed by atoms with Crippen LogP contribution in [0.15, 0.2) is 72.3 Å². The smallest absolute Gasteiger partial charge is 0.271 e. The van der Waals surface area contributed by atoms with Gasteiger partial charge in [-0.15, -0.1) is 0 Å². The largest absolute Gasteiger partial charge is 0.496 e. The van der Waals surface area contributed by atoms with E-state index in [9.17, 15) is 24.6 Å². The Morgan fingerprint density at radius 3 is 2.62 bits per heavy atom. The van der Waals surface area contributed by atoms with Crippen molar-refractivity contribution in [1.29, 1.82) is 5.26 Å². The average Bonchev–Trinajstić information content (AvgIpc) is 2.79. The number of nitriles is 1. The van der Waals surface area contributed by atoms with Crippen molar-refractivity contribution in [3.05, 3.63) is 105 Å². The lowest BCUT2D eigenvalue weighted by atomic mass is 10.0. The van der Waals surface area contributed by atoms with Gasteiger partial charge in [-0.2, -0.15) is 5.26 Å². The predicted molar refractivity (Wildman–Crippen MR) is 118 cm³/mol. The highest BCUT2D eigenvalue weighted by Crippen LogP contribution is 2.25. The van der Waals surface area contributed by atoms with Crippen LogP contribution in [0.25, 0.3) is 6.08 Å². The fraction of sp³-hybridized carbons (Fsp3) is 0.0833. The number of hydrogen-bond acceptors (Lipinski definition) is 5. The minimum absolute atomic E-state index is 0.180. The number of anilines is 1. The Labute approximate surface area is 183 Å². The third kappa shape index (κ3) is 5.34. The van der Waals surface area contributed by atoms with Crippen molar-refractivity contribution in [2.24, 2.45) is 0 Å². The van der Waals surface area contributed by atoms with Crippen LogP contribution in [0.2, 0.25) is 0 Å². The van der Waals surface area contributed by atoms with Gasteiger partial charge in [0.25, 0.3) is 11.6 Å². The molecule has 0 fully saturated rings. The third-order valence-electron chi connectivity index (χ3n) is 4.64. The zero-order valence-corrected chi connectivity index (χ0v) is 17.0. The van der Waals surface area contributed by atoms with Gasteiger partial charge in [0.15, 0.2) is 0 Å². The highest BCUT2D eigenvalue weighted by Gasteiger charge is 2.13. The van der Waals surface area contributed by atoms with E-state index in [0.717, 1.165) is 5.56 Å². The van der Waals surface area contributed by atoms with Gasteiger partial charge in [-0.25, -0.2) is 4.39 Å². The van der Waals surface area contributed by atoms with Crippen molar-refractivity contribution in [1.82, 2.24) is 0 Å². The van der Waals surface area contributed by atoms with Crippen LogP contribution in [-0.2, 0) is 11.2 Å². The number of benzene rings is 3. The molecule has 3 aromatic carbocycles. The molecule has 0 atom stereocenters. The van der Waals surface area contributed by atoms with Crippen LogP contribution < -0.4 is 10.1 Å². The molecule has 8 heteroatoms. The summed E-state index contributed by atoms with van der Waals surface area (Å²) in [7, 11) is 1.48. The Morgan fingerprint density at radius 1 is 1.16 bits per heavy atom. The number of nitro groups is 1. The number of hydrogen-bond donors (Lipinski definition) is 1. The number of non-ortho nitro benzene ring substituents is 1. The second kappa shape index (κ2) is 10.00. The summed E-state index contributed by atoms with van der Waals surface area (Å²) in [6, 6.07) is 18.8. The number of carbonyl (C=O) groups excluding carboxylic acids is 1. The first-order chi connectivity index (χ1) is 15.4. The molecule has 1 N–H and O–H groups in total. The van der Waals surface area contributed by atoms with Gasteiger partial charge in [0.05, 0.1) is 12.0 Å². The van der Waals surface area contributed by atoms with Crippen LogP contribution in [0.3, 0.4) is 0 Å². The SMILES string of the molecule is COc1cc(/C=C(\C#N)C(=O)Nc2cccc([N+](=O)[O-])c2)ccc1Cc1ccccc1F. The quantitative estimate of drug-likeness (QED) is 0.248. The molecular formula is C24H18FN3O4. The number of nitrogens with zero attached hydrogens (tertiary/aromatic N) is 2. The molecule has 0 heterocycles. The van der Waals surface area contributed by atoms with E-state index < -0.39 is 10.8 Å². The van der Waals surface area contributed by atoms with Crippen molar-refractivity contribution in [2.75, 3.05) is 12.4 Å². The molecule has 0 aliphatic carbocycles. The minimum atomic E-state index is -0.706. The zero-order chi connectivity index (χ0) is 23.1. The molecule has 0 spiro atoms. The maximum absolute atomic E-state index is 14.0. The highest BCUT2D eigenvalue weighted by atomic mass is 19.1. The zero-order valence-electron chi connectivity index (χ0n) is 17.0. The van der Waals surface area contributed by atoms with Gasteiger partial charge in [0, 0.05) is 24.2 Å². The van der Waals surface area contributed by atoms with E-state index in [4.69, 9.17) is 4.74 Å². The highest BCUT2D eigenvalue weighted by molar-refractivity contribution is 6.09. The monoisotopic (exact) mass is 431 g/mol. The molecule has 0 aromatic heterocycles. The molecule has 0 unspecified atom stereocenters. The molecule has 160 valence electrons. The summed E-state index contributed by atoms with van der Waals surface area (Å²) < 4.78 is 19.4. The van der Waals surface area contributed by atoms with Crippen LogP contribution in [0, 0.1) is 27.3 Å². The van der Waals surface area contributed by atoms with Crippen molar-refractivity contribution >= 4 is 23.4 Å². The maximum Gasteiger partial charge on any atom is 0.271 e. The Bertz CT molecular complexity index is 1250. The fourth-order valence-corrected chi connectivity index (χ4v) is 3.05. The van der Waals surface area contributed by atoms with Gasteiger partial charge < -0.3 is 10.1 Å². The molecule has 0 aliphatic heterocycles. The number of nitro benzene ring substituents is 1. The molecule has 32 heavy (non-hydrogen) atoms. The number of rotatable bonds is 7. The van der Waals surface area contributed by atoms with E-state index in [1.807, 2.05) is 6.07 Å². The second-order valence-corrected chi connectivity index (χ2v) is 6.77. The Balaban J connectivity index is 1.83. The third-order valence-corrected chi connectivity index (χ3v) is 4.64. The Morgan fingerprint density at radius 2 is 1.94 bits per heavy atom. The van der Waals surface area contributed by atoms with Crippen molar-refractivity contribution in [3.8, 4) is 11.8 Å². The number of nitrogens with one attached hydrogen (secondary N) is 1. The lowest BCUT2D eigenvalue weighted by Crippen LogP contribution is -2.13. The standard InChI is InChI=1S/C24H18FN3O4/c1-32-23-12-16(9-10-18(23)13-17-5-2-3-8-22(17)25)11-19(15-26)24(29)27-20-6-4-7-21(14-20)28(30)31/h2-12,14H,13H2,1H3,(H,27,29)/b19-11+. The first-order valence-electron chi connectivity index (χ1n) is 9.49. The van der Waals surface area contributed by atoms with Crippen molar-refractivity contribution in [3.63, 3.8) is 0 Å². The lowest BCUT2D eigenvalue weighted by molar-refractivity contribution is -0.384. The predicted octanol–water partition coefficient (Wildman–Crippen LogP) is 4.88. The van der Waals surface area contributed by atoms with Crippen LogP contribution in [0.5, 0.6) is 5.75 Å². The first kappa shape index (κ1) is 22.2. The number of amides is 1. The van der Waals surface area contributed by atoms with Gasteiger partial charge in [0.2, 0.25) is 0 Å². The normalized spacial score (nSPS) is 10.8. The molecule has 1 amide bonds. The van der Waals surface area contributed by atoms with Gasteiger partial charge >= 0.3 is 0 Å². The van der Waals surface area contributed by atoms with Crippen LogP contribution in [0.4, 0.5) is 15.8 Å². The summed E-state index contributed by atoms with van der Waals surface area (Å²) in [4.78, 5) is 22.8. The van der Waals surface area contributed by atoms with E-state index in [0.29, 0.717) is 23.3 Å². The summed E-state index contributed by atoms with van der Waals surface area (Å²) in [5, 5.41) is 22.8. The van der Waals surface area contributed by atoms with Gasteiger partial charge in [-0.1, -0.05) is 36.4 Å². The van der Waals surface area contributed by atoms with Gasteiger partial charge in [0.1, 0.15) is 23.2 Å². The first-order valence-corrected chi connectivity index (χ1v) is 9.49. The fourth-order valence-electron chi connectivity index (χ4n) is 3.05. The van der Waals surface area contributed by atoms with Gasteiger partial charge in [-0.3, -0.25) is 14.9 Å². The van der Waals surface area contributed by atoms with Gasteiger partial charge in [-0.05, 0) is 41.0 Å². The number of methoxy groups -OCH3 is 1.